The fraction of sp³-hybridized carbons (Fsp3) is 0.200. The predicted molar refractivity (Wildman–Crippen MR) is 104 cm³/mol. The molecule has 0 radical (unpaired) electrons. The molecule has 0 amide bonds. The van der Waals surface area contributed by atoms with E-state index >= 15 is 0 Å². The van der Waals surface area contributed by atoms with Gasteiger partial charge in [0, 0.05) is 27.9 Å². The van der Waals surface area contributed by atoms with Gasteiger partial charge in [0.05, 0.1) is 22.5 Å². The molecule has 0 N–H and O–H groups in total. The molecule has 2 heterocycles. The minimum Gasteiger partial charge on any atom is -0.256 e. The molecule has 0 unspecified atom stereocenters. The highest BCUT2D eigenvalue weighted by Crippen LogP contribution is 2.38. The second kappa shape index (κ2) is 6.84. The van der Waals surface area contributed by atoms with Crippen molar-refractivity contribution < 1.29 is 13.2 Å². The molecular weight excluding hydrogens is 393 g/mol. The largest absolute Gasteiger partial charge is 0.417 e. The second-order valence-electron chi connectivity index (χ2n) is 6.22. The van der Waals surface area contributed by atoms with E-state index < -0.39 is 11.7 Å². The molecule has 7 heteroatoms. The fourth-order valence-corrected chi connectivity index (χ4v) is 4.16. The van der Waals surface area contributed by atoms with Gasteiger partial charge in [0.1, 0.15) is 0 Å². The lowest BCUT2D eigenvalue weighted by atomic mass is 10.1. The van der Waals surface area contributed by atoms with Crippen molar-refractivity contribution >= 4 is 45.9 Å². The van der Waals surface area contributed by atoms with Crippen LogP contribution in [0.1, 0.15) is 29.4 Å². The standard InChI is InChI=1S/C20H14ClF3N2S/c1-2-27-18-9-12-7-15(21)3-4-16(12)26-19(18)13-5-11-6-14(20(22,23)24)10-25-17(11)8-13/h3-4,6-10H,2,5H2,1H3. The summed E-state index contributed by atoms with van der Waals surface area (Å²) in [5.74, 6) is 0.859. The lowest BCUT2D eigenvalue weighted by Crippen LogP contribution is -2.06. The van der Waals surface area contributed by atoms with Crippen molar-refractivity contribution in [2.24, 2.45) is 0 Å². The number of halogens is 4. The van der Waals surface area contributed by atoms with Crippen molar-refractivity contribution in [1.82, 2.24) is 9.97 Å². The van der Waals surface area contributed by atoms with E-state index in [1.165, 1.54) is 6.07 Å². The Balaban J connectivity index is 1.78. The molecule has 2 nitrogen and oxygen atoms in total. The lowest BCUT2D eigenvalue weighted by Gasteiger charge is -2.11. The molecule has 4 rings (SSSR count). The lowest BCUT2D eigenvalue weighted by molar-refractivity contribution is -0.137. The van der Waals surface area contributed by atoms with Crippen LogP contribution in [0.5, 0.6) is 0 Å². The summed E-state index contributed by atoms with van der Waals surface area (Å²) in [6.07, 6.45) is -1.29. The van der Waals surface area contributed by atoms with Gasteiger partial charge in [-0.3, -0.25) is 4.98 Å². The first-order chi connectivity index (χ1) is 12.8. The SMILES string of the molecule is CCSc1cc2cc(Cl)ccc2nc1C1=Cc2ncc(C(F)(F)F)cc2C1. The number of hydrogen-bond acceptors (Lipinski definition) is 3. The van der Waals surface area contributed by atoms with Crippen LogP contribution in [0.3, 0.4) is 0 Å². The number of pyridine rings is 2. The fourth-order valence-electron chi connectivity index (χ4n) is 3.14. The summed E-state index contributed by atoms with van der Waals surface area (Å²) in [6.45, 7) is 2.05. The molecule has 1 aliphatic carbocycles. The van der Waals surface area contributed by atoms with E-state index in [1.54, 1.807) is 17.8 Å². The molecule has 0 aliphatic heterocycles. The maximum Gasteiger partial charge on any atom is 0.417 e. The highest BCUT2D eigenvalue weighted by molar-refractivity contribution is 7.99. The van der Waals surface area contributed by atoms with Gasteiger partial charge in [-0.25, -0.2) is 4.98 Å². The highest BCUT2D eigenvalue weighted by Gasteiger charge is 2.32. The van der Waals surface area contributed by atoms with Gasteiger partial charge in [0.25, 0.3) is 0 Å². The quantitative estimate of drug-likeness (QED) is 0.463. The zero-order valence-corrected chi connectivity index (χ0v) is 15.8. The first-order valence-corrected chi connectivity index (χ1v) is 9.71. The number of alkyl halides is 3. The van der Waals surface area contributed by atoms with Crippen molar-refractivity contribution in [2.75, 3.05) is 5.75 Å². The molecule has 27 heavy (non-hydrogen) atoms. The van der Waals surface area contributed by atoms with Crippen LogP contribution in [-0.4, -0.2) is 15.7 Å². The van der Waals surface area contributed by atoms with Crippen molar-refractivity contribution in [3.63, 3.8) is 0 Å². The van der Waals surface area contributed by atoms with Gasteiger partial charge in [0.15, 0.2) is 0 Å². The summed E-state index contributed by atoms with van der Waals surface area (Å²) in [7, 11) is 0. The third-order valence-corrected chi connectivity index (χ3v) is 5.51. The number of allylic oxidation sites excluding steroid dienone is 1. The molecule has 1 aliphatic rings. The van der Waals surface area contributed by atoms with Crippen LogP contribution in [-0.2, 0) is 12.6 Å². The number of aromatic nitrogens is 2. The Morgan fingerprint density at radius 1 is 1.19 bits per heavy atom. The average Bonchev–Trinajstić information content (AvgIpc) is 3.03. The average molecular weight is 407 g/mol. The zero-order valence-electron chi connectivity index (χ0n) is 14.3. The normalized spacial score (nSPS) is 13.7. The molecule has 0 bridgehead atoms. The number of fused-ring (bicyclic) bond motifs is 2. The highest BCUT2D eigenvalue weighted by atomic mass is 35.5. The van der Waals surface area contributed by atoms with Gasteiger partial charge in [-0.05, 0) is 53.3 Å². The Bertz CT molecular complexity index is 1080. The summed E-state index contributed by atoms with van der Waals surface area (Å²) in [4.78, 5) is 9.76. The van der Waals surface area contributed by atoms with Crippen LogP contribution >= 0.6 is 23.4 Å². The number of hydrogen-bond donors (Lipinski definition) is 0. The minimum atomic E-state index is -4.39. The molecule has 0 spiro atoms. The Hall–Kier alpha value is -2.05. The van der Waals surface area contributed by atoms with Crippen molar-refractivity contribution in [1.29, 1.82) is 0 Å². The monoisotopic (exact) mass is 406 g/mol. The molecule has 138 valence electrons. The van der Waals surface area contributed by atoms with Crippen LogP contribution in [0.25, 0.3) is 22.6 Å². The topological polar surface area (TPSA) is 25.8 Å². The first-order valence-electron chi connectivity index (χ1n) is 8.35. The van der Waals surface area contributed by atoms with Gasteiger partial charge in [-0.1, -0.05) is 18.5 Å². The molecule has 0 atom stereocenters. The Kier molecular flexibility index (Phi) is 4.64. The third kappa shape index (κ3) is 3.56. The van der Waals surface area contributed by atoms with Gasteiger partial charge in [-0.2, -0.15) is 13.2 Å². The molecule has 2 aromatic heterocycles. The Morgan fingerprint density at radius 3 is 2.74 bits per heavy atom. The van der Waals surface area contributed by atoms with Gasteiger partial charge < -0.3 is 0 Å². The summed E-state index contributed by atoms with van der Waals surface area (Å²) < 4.78 is 38.9. The summed E-state index contributed by atoms with van der Waals surface area (Å²) >= 11 is 7.73. The molecule has 0 fully saturated rings. The molecule has 0 saturated carbocycles. The van der Waals surface area contributed by atoms with E-state index in [4.69, 9.17) is 16.6 Å². The minimum absolute atomic E-state index is 0.385. The number of rotatable bonds is 3. The Labute approximate surface area is 163 Å². The first kappa shape index (κ1) is 18.3. The van der Waals surface area contributed by atoms with Crippen LogP contribution in [0.4, 0.5) is 13.2 Å². The number of thioether (sulfide) groups is 1. The number of nitrogens with zero attached hydrogens (tertiary/aromatic N) is 2. The maximum absolute atomic E-state index is 13.0. The van der Waals surface area contributed by atoms with Crippen molar-refractivity contribution in [3.05, 3.63) is 64.1 Å². The predicted octanol–water partition coefficient (Wildman–Crippen LogP) is 6.51. The van der Waals surface area contributed by atoms with Gasteiger partial charge in [-0.15, -0.1) is 11.8 Å². The van der Waals surface area contributed by atoms with Crippen LogP contribution in [0, 0.1) is 0 Å². The summed E-state index contributed by atoms with van der Waals surface area (Å²) in [5.41, 5.74) is 2.90. The molecular formula is C20H14ClF3N2S. The number of benzene rings is 1. The van der Waals surface area contributed by atoms with Crippen LogP contribution in [0.2, 0.25) is 5.02 Å². The summed E-state index contributed by atoms with van der Waals surface area (Å²) in [6, 6.07) is 8.71. The van der Waals surface area contributed by atoms with Crippen LogP contribution < -0.4 is 0 Å². The van der Waals surface area contributed by atoms with Gasteiger partial charge in [0.2, 0.25) is 0 Å². The van der Waals surface area contributed by atoms with E-state index in [0.29, 0.717) is 22.7 Å². The van der Waals surface area contributed by atoms with Crippen molar-refractivity contribution in [3.8, 4) is 0 Å². The smallest absolute Gasteiger partial charge is 0.256 e. The van der Waals surface area contributed by atoms with E-state index in [9.17, 15) is 13.2 Å². The second-order valence-corrected chi connectivity index (χ2v) is 7.96. The van der Waals surface area contributed by atoms with Crippen LogP contribution in [0.15, 0.2) is 41.4 Å². The molecule has 1 aromatic carbocycles. The van der Waals surface area contributed by atoms with Crippen molar-refractivity contribution in [2.45, 2.75) is 24.4 Å². The Morgan fingerprint density at radius 2 is 2.00 bits per heavy atom. The third-order valence-electron chi connectivity index (χ3n) is 4.37. The van der Waals surface area contributed by atoms with E-state index in [1.807, 2.05) is 31.2 Å². The molecule has 3 aromatic rings. The zero-order chi connectivity index (χ0) is 19.2. The maximum atomic E-state index is 13.0. The summed E-state index contributed by atoms with van der Waals surface area (Å²) in [5, 5.41) is 1.58. The van der Waals surface area contributed by atoms with E-state index in [0.717, 1.165) is 39.0 Å². The van der Waals surface area contributed by atoms with E-state index in [2.05, 4.69) is 4.98 Å². The molecule has 0 saturated heterocycles. The van der Waals surface area contributed by atoms with Gasteiger partial charge >= 0.3 is 6.18 Å². The van der Waals surface area contributed by atoms with E-state index in [-0.39, 0.29) is 0 Å².